The first-order chi connectivity index (χ1) is 15.0. The van der Waals surface area contributed by atoms with Crippen molar-refractivity contribution in [2.45, 2.75) is 26.0 Å². The minimum Gasteiger partial charge on any atom is -0.481 e. The van der Waals surface area contributed by atoms with Crippen molar-refractivity contribution in [3.8, 4) is 17.0 Å². The number of hydrogen-bond acceptors (Lipinski definition) is 4. The summed E-state index contributed by atoms with van der Waals surface area (Å²) in [6, 6.07) is 18.6. The Kier molecular flexibility index (Phi) is 6.02. The fraction of sp³-hybridized carbons (Fsp3) is 0.292. The molecule has 2 amide bonds. The number of nitrogens with one attached hydrogen (secondary N) is 1. The first-order valence-corrected chi connectivity index (χ1v) is 10.4. The molecule has 0 aliphatic carbocycles. The molecule has 1 unspecified atom stereocenters. The fourth-order valence-corrected chi connectivity index (χ4v) is 3.87. The Morgan fingerprint density at radius 3 is 2.61 bits per heavy atom. The molecule has 0 bridgehead atoms. The van der Waals surface area contributed by atoms with Crippen LogP contribution in [0.2, 0.25) is 0 Å². The van der Waals surface area contributed by atoms with Crippen LogP contribution in [-0.4, -0.2) is 63.6 Å². The molecule has 2 heterocycles. The molecular formula is C24H26N4O3. The maximum absolute atomic E-state index is 13.1. The third-order valence-electron chi connectivity index (χ3n) is 5.52. The second-order valence-electron chi connectivity index (χ2n) is 7.76. The summed E-state index contributed by atoms with van der Waals surface area (Å²) < 4.78 is 5.95. The van der Waals surface area contributed by atoms with Crippen molar-refractivity contribution < 1.29 is 14.3 Å². The number of ether oxygens (including phenoxy) is 1. The van der Waals surface area contributed by atoms with Crippen LogP contribution >= 0.6 is 0 Å². The van der Waals surface area contributed by atoms with Crippen LogP contribution < -0.4 is 4.74 Å². The SMILES string of the molecule is CC(Oc1cccc(-c2ccn[nH]2)c1)C(=O)N1CCN(C(=O)c2ccccc2)C[C@H]1C. The Morgan fingerprint density at radius 1 is 1.10 bits per heavy atom. The van der Waals surface area contributed by atoms with E-state index in [-0.39, 0.29) is 17.9 Å². The molecule has 3 aromatic rings. The van der Waals surface area contributed by atoms with Gasteiger partial charge < -0.3 is 14.5 Å². The van der Waals surface area contributed by atoms with Crippen LogP contribution in [0.3, 0.4) is 0 Å². The first-order valence-electron chi connectivity index (χ1n) is 10.4. The highest BCUT2D eigenvalue weighted by atomic mass is 16.5. The van der Waals surface area contributed by atoms with Crippen LogP contribution in [0.4, 0.5) is 0 Å². The molecule has 7 nitrogen and oxygen atoms in total. The molecule has 2 aromatic carbocycles. The Morgan fingerprint density at radius 2 is 1.90 bits per heavy atom. The number of amides is 2. The standard InChI is InChI=1S/C24H26N4O3/c1-17-16-27(24(30)19-7-4-3-5-8-19)13-14-28(17)23(29)18(2)31-21-10-6-9-20(15-21)22-11-12-25-26-22/h3-12,15,17-18H,13-14,16H2,1-2H3,(H,25,26)/t17-,18?/m1/s1. The summed E-state index contributed by atoms with van der Waals surface area (Å²) in [5.74, 6) is 0.546. The number of carbonyl (C=O) groups excluding carboxylic acids is 2. The van der Waals surface area contributed by atoms with Crippen LogP contribution in [0.15, 0.2) is 66.9 Å². The van der Waals surface area contributed by atoms with E-state index in [1.54, 1.807) is 18.0 Å². The molecule has 1 saturated heterocycles. The number of benzene rings is 2. The van der Waals surface area contributed by atoms with Gasteiger partial charge in [-0.3, -0.25) is 14.7 Å². The number of hydrogen-bond donors (Lipinski definition) is 1. The maximum atomic E-state index is 13.1. The van der Waals surface area contributed by atoms with Gasteiger partial charge in [0.1, 0.15) is 5.75 Å². The topological polar surface area (TPSA) is 78.5 Å². The zero-order valence-corrected chi connectivity index (χ0v) is 17.7. The molecular weight excluding hydrogens is 392 g/mol. The molecule has 0 saturated carbocycles. The minimum absolute atomic E-state index is 0.000492. The quantitative estimate of drug-likeness (QED) is 0.690. The van der Waals surface area contributed by atoms with Crippen LogP contribution in [0, 0.1) is 0 Å². The number of H-pyrrole nitrogens is 1. The third kappa shape index (κ3) is 4.60. The van der Waals surface area contributed by atoms with Gasteiger partial charge in [-0.2, -0.15) is 5.10 Å². The van der Waals surface area contributed by atoms with Gasteiger partial charge in [-0.15, -0.1) is 0 Å². The molecule has 2 atom stereocenters. The molecule has 1 aliphatic rings. The summed E-state index contributed by atoms with van der Waals surface area (Å²) >= 11 is 0. The molecule has 31 heavy (non-hydrogen) atoms. The summed E-state index contributed by atoms with van der Waals surface area (Å²) in [5, 5.41) is 6.90. The zero-order chi connectivity index (χ0) is 21.8. The number of nitrogens with zero attached hydrogens (tertiary/aromatic N) is 3. The van der Waals surface area contributed by atoms with E-state index in [0.29, 0.717) is 30.9 Å². The van der Waals surface area contributed by atoms with Gasteiger partial charge in [0.2, 0.25) is 0 Å². The van der Waals surface area contributed by atoms with Crippen LogP contribution in [0.25, 0.3) is 11.3 Å². The number of rotatable bonds is 5. The van der Waals surface area contributed by atoms with Gasteiger partial charge in [-0.25, -0.2) is 0 Å². The van der Waals surface area contributed by atoms with Gasteiger partial charge >= 0.3 is 0 Å². The van der Waals surface area contributed by atoms with Crippen molar-refractivity contribution in [1.82, 2.24) is 20.0 Å². The summed E-state index contributed by atoms with van der Waals surface area (Å²) in [6.07, 6.45) is 1.06. The van der Waals surface area contributed by atoms with E-state index in [4.69, 9.17) is 4.74 Å². The van der Waals surface area contributed by atoms with E-state index < -0.39 is 6.10 Å². The lowest BCUT2D eigenvalue weighted by molar-refractivity contribution is -0.142. The second-order valence-corrected chi connectivity index (χ2v) is 7.76. The van der Waals surface area contributed by atoms with E-state index in [9.17, 15) is 9.59 Å². The van der Waals surface area contributed by atoms with E-state index in [1.165, 1.54) is 0 Å². The van der Waals surface area contributed by atoms with Gasteiger partial charge in [-0.1, -0.05) is 30.3 Å². The highest BCUT2D eigenvalue weighted by Crippen LogP contribution is 2.23. The van der Waals surface area contributed by atoms with Gasteiger partial charge in [0.15, 0.2) is 6.10 Å². The molecule has 160 valence electrons. The van der Waals surface area contributed by atoms with Gasteiger partial charge in [0.25, 0.3) is 11.8 Å². The summed E-state index contributed by atoms with van der Waals surface area (Å²) in [5.41, 5.74) is 2.50. The predicted molar refractivity (Wildman–Crippen MR) is 118 cm³/mol. The van der Waals surface area contributed by atoms with E-state index in [2.05, 4.69) is 10.2 Å². The van der Waals surface area contributed by atoms with Crippen molar-refractivity contribution >= 4 is 11.8 Å². The Hall–Kier alpha value is -3.61. The van der Waals surface area contributed by atoms with Crippen molar-refractivity contribution in [3.63, 3.8) is 0 Å². The molecule has 1 N–H and O–H groups in total. The number of piperazine rings is 1. The number of aromatic nitrogens is 2. The second kappa shape index (κ2) is 9.04. The largest absolute Gasteiger partial charge is 0.481 e. The number of carbonyl (C=O) groups is 2. The number of aromatic amines is 1. The van der Waals surface area contributed by atoms with Crippen LogP contribution in [0.5, 0.6) is 5.75 Å². The summed E-state index contributed by atoms with van der Waals surface area (Å²) in [6.45, 7) is 5.22. The van der Waals surface area contributed by atoms with E-state index in [0.717, 1.165) is 11.3 Å². The summed E-state index contributed by atoms with van der Waals surface area (Å²) in [4.78, 5) is 29.4. The van der Waals surface area contributed by atoms with Gasteiger partial charge in [0, 0.05) is 43.0 Å². The zero-order valence-electron chi connectivity index (χ0n) is 17.7. The Balaban J connectivity index is 1.37. The normalized spacial score (nSPS) is 17.3. The summed E-state index contributed by atoms with van der Waals surface area (Å²) in [7, 11) is 0. The first kappa shape index (κ1) is 20.7. The molecule has 0 radical (unpaired) electrons. The Labute approximate surface area is 181 Å². The van der Waals surface area contributed by atoms with Crippen LogP contribution in [0.1, 0.15) is 24.2 Å². The van der Waals surface area contributed by atoms with Crippen molar-refractivity contribution in [2.75, 3.05) is 19.6 Å². The van der Waals surface area contributed by atoms with Crippen molar-refractivity contribution in [2.24, 2.45) is 0 Å². The molecule has 1 aliphatic heterocycles. The van der Waals surface area contributed by atoms with Crippen LogP contribution in [-0.2, 0) is 4.79 Å². The molecule has 1 fully saturated rings. The lowest BCUT2D eigenvalue weighted by Gasteiger charge is -2.40. The lowest BCUT2D eigenvalue weighted by atomic mass is 10.1. The highest BCUT2D eigenvalue weighted by Gasteiger charge is 2.33. The molecule has 7 heteroatoms. The monoisotopic (exact) mass is 418 g/mol. The van der Waals surface area contributed by atoms with Crippen molar-refractivity contribution in [3.05, 3.63) is 72.4 Å². The van der Waals surface area contributed by atoms with E-state index in [1.807, 2.05) is 72.5 Å². The highest BCUT2D eigenvalue weighted by molar-refractivity contribution is 5.94. The predicted octanol–water partition coefficient (Wildman–Crippen LogP) is 3.22. The lowest BCUT2D eigenvalue weighted by Crippen LogP contribution is -2.57. The van der Waals surface area contributed by atoms with E-state index >= 15 is 0 Å². The Bertz CT molecular complexity index is 1040. The molecule has 4 rings (SSSR count). The molecule has 0 spiro atoms. The van der Waals surface area contributed by atoms with Gasteiger partial charge in [-0.05, 0) is 44.2 Å². The average molecular weight is 418 g/mol. The van der Waals surface area contributed by atoms with Gasteiger partial charge in [0.05, 0.1) is 5.69 Å². The molecule has 1 aromatic heterocycles. The minimum atomic E-state index is -0.629. The fourth-order valence-electron chi connectivity index (χ4n) is 3.87. The maximum Gasteiger partial charge on any atom is 0.263 e. The van der Waals surface area contributed by atoms with Crippen molar-refractivity contribution in [1.29, 1.82) is 0 Å². The smallest absolute Gasteiger partial charge is 0.263 e. The average Bonchev–Trinajstić information content (AvgIpc) is 3.34. The third-order valence-corrected chi connectivity index (χ3v) is 5.52.